The molecule has 0 aliphatic rings. The molecule has 0 fully saturated rings. The van der Waals surface area contributed by atoms with Crippen molar-refractivity contribution in [2.45, 2.75) is 40.3 Å². The highest BCUT2D eigenvalue weighted by Gasteiger charge is 2.26. The zero-order valence-corrected chi connectivity index (χ0v) is 12.8. The van der Waals surface area contributed by atoms with E-state index in [2.05, 4.69) is 10.4 Å². The van der Waals surface area contributed by atoms with Gasteiger partial charge in [-0.25, -0.2) is 4.68 Å². The van der Waals surface area contributed by atoms with E-state index >= 15 is 0 Å². The third-order valence-corrected chi connectivity index (χ3v) is 3.43. The number of benzene rings is 1. The van der Waals surface area contributed by atoms with Gasteiger partial charge in [0.1, 0.15) is 5.69 Å². The Labute approximate surface area is 123 Å². The van der Waals surface area contributed by atoms with Gasteiger partial charge in [-0.2, -0.15) is 5.10 Å². The molecule has 1 aromatic heterocycles. The molecule has 6 heteroatoms. The number of nitro groups is 1. The van der Waals surface area contributed by atoms with E-state index in [0.29, 0.717) is 18.1 Å². The lowest BCUT2D eigenvalue weighted by Crippen LogP contribution is -2.11. The number of rotatable bonds is 5. The van der Waals surface area contributed by atoms with Crippen molar-refractivity contribution < 1.29 is 4.92 Å². The van der Waals surface area contributed by atoms with E-state index in [1.807, 2.05) is 45.0 Å². The molecule has 0 saturated carbocycles. The SMILES string of the molecule is Cc1ccccc1CNc1c([N+](=O)[O-])c(C)nn1C(C)C. The first kappa shape index (κ1) is 15.0. The summed E-state index contributed by atoms with van der Waals surface area (Å²) in [5, 5.41) is 18.7. The lowest BCUT2D eigenvalue weighted by atomic mass is 10.1. The van der Waals surface area contributed by atoms with Gasteiger partial charge in [-0.05, 0) is 38.8 Å². The minimum absolute atomic E-state index is 0.0526. The maximum atomic E-state index is 11.3. The van der Waals surface area contributed by atoms with Crippen LogP contribution in [-0.4, -0.2) is 14.7 Å². The predicted octanol–water partition coefficient (Wildman–Crippen LogP) is 3.60. The van der Waals surface area contributed by atoms with Crippen LogP contribution in [0.15, 0.2) is 24.3 Å². The quantitative estimate of drug-likeness (QED) is 0.674. The van der Waals surface area contributed by atoms with Crippen LogP contribution in [0, 0.1) is 24.0 Å². The molecule has 6 nitrogen and oxygen atoms in total. The second-order valence-electron chi connectivity index (χ2n) is 5.36. The van der Waals surface area contributed by atoms with Gasteiger partial charge in [0.2, 0.25) is 5.82 Å². The second-order valence-corrected chi connectivity index (χ2v) is 5.36. The van der Waals surface area contributed by atoms with E-state index in [1.165, 1.54) is 0 Å². The lowest BCUT2D eigenvalue weighted by Gasteiger charge is -2.13. The number of aromatic nitrogens is 2. The Kier molecular flexibility index (Phi) is 4.26. The zero-order valence-electron chi connectivity index (χ0n) is 12.8. The van der Waals surface area contributed by atoms with Gasteiger partial charge >= 0.3 is 5.69 Å². The molecule has 0 aliphatic heterocycles. The van der Waals surface area contributed by atoms with Crippen LogP contribution >= 0.6 is 0 Å². The van der Waals surface area contributed by atoms with Crippen molar-refractivity contribution in [1.82, 2.24) is 9.78 Å². The molecule has 0 bridgehead atoms. The number of hydrogen-bond donors (Lipinski definition) is 1. The third kappa shape index (κ3) is 3.04. The van der Waals surface area contributed by atoms with E-state index in [-0.39, 0.29) is 16.7 Å². The molecule has 21 heavy (non-hydrogen) atoms. The molecule has 2 aromatic rings. The Morgan fingerprint density at radius 3 is 2.57 bits per heavy atom. The number of nitrogens with one attached hydrogen (secondary N) is 1. The van der Waals surface area contributed by atoms with Gasteiger partial charge in [0.05, 0.1) is 4.92 Å². The standard InChI is InChI=1S/C15H20N4O2/c1-10(2)18-15(14(19(20)21)12(4)17-18)16-9-13-8-6-5-7-11(13)3/h5-8,10,16H,9H2,1-4H3. The van der Waals surface area contributed by atoms with Crippen molar-refractivity contribution in [2.24, 2.45) is 0 Å². The first-order valence-corrected chi connectivity index (χ1v) is 6.93. The Hall–Kier alpha value is -2.37. The van der Waals surface area contributed by atoms with E-state index in [1.54, 1.807) is 11.6 Å². The molecule has 0 unspecified atom stereocenters. The molecule has 0 aliphatic carbocycles. The minimum Gasteiger partial charge on any atom is -0.360 e. The summed E-state index contributed by atoms with van der Waals surface area (Å²) in [5.74, 6) is 0.468. The highest BCUT2D eigenvalue weighted by molar-refractivity contribution is 5.60. The molecule has 1 aromatic carbocycles. The van der Waals surface area contributed by atoms with Crippen molar-refractivity contribution in [3.05, 3.63) is 51.2 Å². The molecule has 0 spiro atoms. The Morgan fingerprint density at radius 2 is 2.00 bits per heavy atom. The number of aryl methyl sites for hydroxylation is 2. The van der Waals surface area contributed by atoms with Crippen LogP contribution in [0.1, 0.15) is 36.7 Å². The van der Waals surface area contributed by atoms with Crippen LogP contribution in [0.4, 0.5) is 11.5 Å². The molecule has 0 radical (unpaired) electrons. The minimum atomic E-state index is -0.374. The third-order valence-electron chi connectivity index (χ3n) is 3.43. The summed E-state index contributed by atoms with van der Waals surface area (Å²) in [6, 6.07) is 8.03. The van der Waals surface area contributed by atoms with Gasteiger partial charge in [-0.3, -0.25) is 10.1 Å². The van der Waals surface area contributed by atoms with Crippen LogP contribution < -0.4 is 5.32 Å². The van der Waals surface area contributed by atoms with Gasteiger partial charge in [-0.15, -0.1) is 0 Å². The largest absolute Gasteiger partial charge is 0.360 e. The monoisotopic (exact) mass is 288 g/mol. The Bertz CT molecular complexity index is 662. The van der Waals surface area contributed by atoms with Gasteiger partial charge < -0.3 is 5.32 Å². The van der Waals surface area contributed by atoms with E-state index in [0.717, 1.165) is 11.1 Å². The van der Waals surface area contributed by atoms with Crippen molar-refractivity contribution in [3.63, 3.8) is 0 Å². The molecule has 112 valence electrons. The summed E-state index contributed by atoms with van der Waals surface area (Å²) in [6.07, 6.45) is 0. The fourth-order valence-corrected chi connectivity index (χ4v) is 2.28. The van der Waals surface area contributed by atoms with Crippen molar-refractivity contribution >= 4 is 11.5 Å². The Balaban J connectivity index is 2.34. The molecule has 2 rings (SSSR count). The molecular weight excluding hydrogens is 268 g/mol. The normalized spacial score (nSPS) is 10.9. The molecular formula is C15H20N4O2. The number of hydrogen-bond acceptors (Lipinski definition) is 4. The molecule has 1 N–H and O–H groups in total. The first-order valence-electron chi connectivity index (χ1n) is 6.93. The highest BCUT2D eigenvalue weighted by atomic mass is 16.6. The molecule has 0 atom stereocenters. The van der Waals surface area contributed by atoms with Gasteiger partial charge in [0, 0.05) is 12.6 Å². The average Bonchev–Trinajstić information content (AvgIpc) is 2.75. The molecule has 1 heterocycles. The van der Waals surface area contributed by atoms with E-state index in [9.17, 15) is 10.1 Å². The van der Waals surface area contributed by atoms with Crippen LogP contribution in [0.2, 0.25) is 0 Å². The summed E-state index contributed by atoms with van der Waals surface area (Å²) in [5.41, 5.74) is 2.75. The smallest absolute Gasteiger partial charge is 0.333 e. The van der Waals surface area contributed by atoms with Gasteiger partial charge in [-0.1, -0.05) is 24.3 Å². The van der Waals surface area contributed by atoms with E-state index < -0.39 is 0 Å². The lowest BCUT2D eigenvalue weighted by molar-refractivity contribution is -0.384. The summed E-state index contributed by atoms with van der Waals surface area (Å²) >= 11 is 0. The number of nitrogens with zero attached hydrogens (tertiary/aromatic N) is 3. The first-order chi connectivity index (χ1) is 9.91. The summed E-state index contributed by atoms with van der Waals surface area (Å²) < 4.78 is 1.67. The van der Waals surface area contributed by atoms with Gasteiger partial charge in [0.25, 0.3) is 0 Å². The fraction of sp³-hybridized carbons (Fsp3) is 0.400. The number of anilines is 1. The van der Waals surface area contributed by atoms with Crippen molar-refractivity contribution in [1.29, 1.82) is 0 Å². The van der Waals surface area contributed by atoms with E-state index in [4.69, 9.17) is 0 Å². The maximum Gasteiger partial charge on any atom is 0.333 e. The maximum absolute atomic E-state index is 11.3. The highest BCUT2D eigenvalue weighted by Crippen LogP contribution is 2.31. The van der Waals surface area contributed by atoms with Crippen LogP contribution in [0.5, 0.6) is 0 Å². The predicted molar refractivity (Wildman–Crippen MR) is 82.5 cm³/mol. The Morgan fingerprint density at radius 1 is 1.33 bits per heavy atom. The average molecular weight is 288 g/mol. The zero-order chi connectivity index (χ0) is 15.6. The summed E-state index contributed by atoms with van der Waals surface area (Å²) in [7, 11) is 0. The second kappa shape index (κ2) is 5.95. The van der Waals surface area contributed by atoms with Crippen molar-refractivity contribution in [3.8, 4) is 0 Å². The van der Waals surface area contributed by atoms with Crippen LogP contribution in [0.25, 0.3) is 0 Å². The van der Waals surface area contributed by atoms with Gasteiger partial charge in [0.15, 0.2) is 0 Å². The molecule has 0 amide bonds. The summed E-state index contributed by atoms with van der Waals surface area (Å²) in [6.45, 7) is 8.13. The van der Waals surface area contributed by atoms with Crippen molar-refractivity contribution in [2.75, 3.05) is 5.32 Å². The topological polar surface area (TPSA) is 73.0 Å². The molecule has 0 saturated heterocycles. The fourth-order valence-electron chi connectivity index (χ4n) is 2.28. The summed E-state index contributed by atoms with van der Waals surface area (Å²) in [4.78, 5) is 10.9. The van der Waals surface area contributed by atoms with Crippen LogP contribution in [0.3, 0.4) is 0 Å². The van der Waals surface area contributed by atoms with Crippen LogP contribution in [-0.2, 0) is 6.54 Å².